The molecule has 72 valence electrons. The van der Waals surface area contributed by atoms with E-state index in [2.05, 4.69) is 13.8 Å². The Bertz CT molecular complexity index is 171. The Labute approximate surface area is 81.5 Å². The summed E-state index contributed by atoms with van der Waals surface area (Å²) in [6.45, 7) is 4.79. The van der Waals surface area contributed by atoms with Crippen molar-refractivity contribution in [2.45, 2.75) is 52.0 Å². The Balaban J connectivity index is 0.000000720. The van der Waals surface area contributed by atoms with Gasteiger partial charge in [0.05, 0.1) is 0 Å². The Morgan fingerprint density at radius 1 is 1.17 bits per heavy atom. The van der Waals surface area contributed by atoms with Crippen LogP contribution in [0.4, 0.5) is 0 Å². The highest BCUT2D eigenvalue weighted by atomic mass is 35.5. The topological polar surface area (TPSA) is 26.0 Å². The molecule has 2 aliphatic carbocycles. The molecule has 1 spiro atoms. The van der Waals surface area contributed by atoms with Gasteiger partial charge in [0, 0.05) is 6.04 Å². The van der Waals surface area contributed by atoms with Crippen LogP contribution < -0.4 is 5.73 Å². The first-order chi connectivity index (χ1) is 5.02. The Kier molecular flexibility index (Phi) is 2.48. The summed E-state index contributed by atoms with van der Waals surface area (Å²) in [5, 5.41) is 0. The van der Waals surface area contributed by atoms with Gasteiger partial charge in [-0.2, -0.15) is 0 Å². The minimum atomic E-state index is 0. The van der Waals surface area contributed by atoms with Crippen molar-refractivity contribution in [2.75, 3.05) is 0 Å². The first-order valence-electron chi connectivity index (χ1n) is 4.77. The van der Waals surface area contributed by atoms with E-state index >= 15 is 0 Å². The van der Waals surface area contributed by atoms with E-state index < -0.39 is 0 Å². The number of hydrogen-bond donors (Lipinski definition) is 1. The fraction of sp³-hybridized carbons (Fsp3) is 1.00. The van der Waals surface area contributed by atoms with Gasteiger partial charge in [-0.1, -0.05) is 13.8 Å². The molecular formula is C10H20ClN. The van der Waals surface area contributed by atoms with Gasteiger partial charge in [0.1, 0.15) is 0 Å². The molecule has 12 heavy (non-hydrogen) atoms. The quantitative estimate of drug-likeness (QED) is 0.623. The molecule has 0 saturated heterocycles. The van der Waals surface area contributed by atoms with Crippen LogP contribution in [0.3, 0.4) is 0 Å². The SMILES string of the molecule is CC1(C)CCC2(CC(N)C2)C1.Cl. The van der Waals surface area contributed by atoms with E-state index in [1.807, 2.05) is 0 Å². The van der Waals surface area contributed by atoms with Crippen molar-refractivity contribution in [1.29, 1.82) is 0 Å². The van der Waals surface area contributed by atoms with Gasteiger partial charge in [0.25, 0.3) is 0 Å². The van der Waals surface area contributed by atoms with Crippen LogP contribution in [0.25, 0.3) is 0 Å². The molecule has 2 saturated carbocycles. The van der Waals surface area contributed by atoms with Gasteiger partial charge in [-0.3, -0.25) is 0 Å². The number of hydrogen-bond acceptors (Lipinski definition) is 1. The summed E-state index contributed by atoms with van der Waals surface area (Å²) >= 11 is 0. The molecule has 0 aliphatic heterocycles. The van der Waals surface area contributed by atoms with E-state index in [1.165, 1.54) is 32.1 Å². The van der Waals surface area contributed by atoms with Crippen LogP contribution in [-0.4, -0.2) is 6.04 Å². The third kappa shape index (κ3) is 1.62. The van der Waals surface area contributed by atoms with Crippen molar-refractivity contribution in [3.05, 3.63) is 0 Å². The van der Waals surface area contributed by atoms with Crippen LogP contribution >= 0.6 is 12.4 Å². The highest BCUT2D eigenvalue weighted by Crippen LogP contribution is 2.58. The van der Waals surface area contributed by atoms with Crippen LogP contribution in [0.1, 0.15) is 46.0 Å². The van der Waals surface area contributed by atoms with Crippen molar-refractivity contribution >= 4 is 12.4 Å². The summed E-state index contributed by atoms with van der Waals surface area (Å²) in [5.41, 5.74) is 7.13. The predicted octanol–water partition coefficient (Wildman–Crippen LogP) is 2.73. The number of nitrogens with two attached hydrogens (primary N) is 1. The van der Waals surface area contributed by atoms with Crippen molar-refractivity contribution in [3.63, 3.8) is 0 Å². The van der Waals surface area contributed by atoms with Gasteiger partial charge >= 0.3 is 0 Å². The molecule has 0 aromatic carbocycles. The molecule has 0 radical (unpaired) electrons. The third-order valence-electron chi connectivity index (χ3n) is 3.58. The van der Waals surface area contributed by atoms with Crippen molar-refractivity contribution in [1.82, 2.24) is 0 Å². The Morgan fingerprint density at radius 2 is 1.75 bits per heavy atom. The molecule has 2 N–H and O–H groups in total. The lowest BCUT2D eigenvalue weighted by Crippen LogP contribution is -2.44. The third-order valence-corrected chi connectivity index (χ3v) is 3.58. The standard InChI is InChI=1S/C10H19N.ClH/c1-9(2)3-4-10(7-9)5-8(11)6-10;/h8H,3-7,11H2,1-2H3;1H. The maximum atomic E-state index is 5.82. The van der Waals surface area contributed by atoms with Crippen LogP contribution in [0.15, 0.2) is 0 Å². The van der Waals surface area contributed by atoms with Crippen LogP contribution in [0.2, 0.25) is 0 Å². The molecule has 0 heterocycles. The second-order valence-electron chi connectivity index (χ2n) is 5.51. The minimum absolute atomic E-state index is 0. The van der Waals surface area contributed by atoms with E-state index in [9.17, 15) is 0 Å². The average Bonchev–Trinajstić information content (AvgIpc) is 2.05. The molecule has 2 aliphatic rings. The number of halogens is 1. The molecule has 0 unspecified atom stereocenters. The van der Waals surface area contributed by atoms with Gasteiger partial charge in [-0.15, -0.1) is 12.4 Å². The monoisotopic (exact) mass is 189 g/mol. The first kappa shape index (κ1) is 10.3. The molecule has 0 bridgehead atoms. The van der Waals surface area contributed by atoms with Gasteiger partial charge in [0.2, 0.25) is 0 Å². The molecule has 2 heteroatoms. The fourth-order valence-corrected chi connectivity index (χ4v) is 3.20. The second-order valence-corrected chi connectivity index (χ2v) is 5.51. The summed E-state index contributed by atoms with van der Waals surface area (Å²) in [6, 6.07) is 0.531. The largest absolute Gasteiger partial charge is 0.328 e. The molecule has 0 amide bonds. The lowest BCUT2D eigenvalue weighted by molar-refractivity contribution is 0.0982. The van der Waals surface area contributed by atoms with E-state index in [1.54, 1.807) is 0 Å². The van der Waals surface area contributed by atoms with Gasteiger partial charge in [-0.25, -0.2) is 0 Å². The van der Waals surface area contributed by atoms with Crippen LogP contribution in [0, 0.1) is 10.8 Å². The lowest BCUT2D eigenvalue weighted by atomic mass is 9.63. The average molecular weight is 190 g/mol. The molecule has 0 atom stereocenters. The van der Waals surface area contributed by atoms with Crippen LogP contribution in [-0.2, 0) is 0 Å². The Morgan fingerprint density at radius 3 is 2.08 bits per heavy atom. The van der Waals surface area contributed by atoms with E-state index in [-0.39, 0.29) is 12.4 Å². The zero-order valence-corrected chi connectivity index (χ0v) is 8.91. The number of rotatable bonds is 0. The zero-order valence-electron chi connectivity index (χ0n) is 8.10. The Hall–Kier alpha value is 0.250. The first-order valence-corrected chi connectivity index (χ1v) is 4.77. The highest BCUT2D eigenvalue weighted by Gasteiger charge is 2.49. The van der Waals surface area contributed by atoms with Gasteiger partial charge in [-0.05, 0) is 42.9 Å². The van der Waals surface area contributed by atoms with E-state index in [0.717, 1.165) is 0 Å². The van der Waals surface area contributed by atoms with Crippen LogP contribution in [0.5, 0.6) is 0 Å². The zero-order chi connectivity index (χ0) is 8.11. The molecule has 2 rings (SSSR count). The summed E-state index contributed by atoms with van der Waals surface area (Å²) in [7, 11) is 0. The van der Waals surface area contributed by atoms with Crippen molar-refractivity contribution in [3.8, 4) is 0 Å². The lowest BCUT2D eigenvalue weighted by Gasteiger charge is -2.44. The van der Waals surface area contributed by atoms with E-state index in [4.69, 9.17) is 5.73 Å². The van der Waals surface area contributed by atoms with Crippen molar-refractivity contribution in [2.24, 2.45) is 16.6 Å². The highest BCUT2D eigenvalue weighted by molar-refractivity contribution is 5.85. The summed E-state index contributed by atoms with van der Waals surface area (Å²) < 4.78 is 0. The maximum Gasteiger partial charge on any atom is 0.00494 e. The second kappa shape index (κ2) is 2.88. The maximum absolute atomic E-state index is 5.82. The molecule has 1 nitrogen and oxygen atoms in total. The molecule has 2 fully saturated rings. The predicted molar refractivity (Wildman–Crippen MR) is 54.5 cm³/mol. The van der Waals surface area contributed by atoms with Gasteiger partial charge < -0.3 is 5.73 Å². The minimum Gasteiger partial charge on any atom is -0.328 e. The summed E-state index contributed by atoms with van der Waals surface area (Å²) in [4.78, 5) is 0. The molecular weight excluding hydrogens is 170 g/mol. The normalized spacial score (nSPS) is 43.8. The summed E-state index contributed by atoms with van der Waals surface area (Å²) in [5.74, 6) is 0. The molecule has 0 aromatic rings. The summed E-state index contributed by atoms with van der Waals surface area (Å²) in [6.07, 6.45) is 6.88. The molecule has 0 aromatic heterocycles. The van der Waals surface area contributed by atoms with E-state index in [0.29, 0.717) is 16.9 Å². The fourth-order valence-electron chi connectivity index (χ4n) is 3.20. The van der Waals surface area contributed by atoms with Gasteiger partial charge in [0.15, 0.2) is 0 Å². The van der Waals surface area contributed by atoms with Crippen molar-refractivity contribution < 1.29 is 0 Å². The smallest absolute Gasteiger partial charge is 0.00494 e.